The summed E-state index contributed by atoms with van der Waals surface area (Å²) in [4.78, 5) is 18.1. The molecule has 1 aromatic heterocycles. The number of carbonyl (C=O) groups excluding carboxylic acids is 1. The van der Waals surface area contributed by atoms with Gasteiger partial charge >= 0.3 is 0 Å². The van der Waals surface area contributed by atoms with E-state index in [4.69, 9.17) is 29.2 Å². The van der Waals surface area contributed by atoms with Gasteiger partial charge in [-0.05, 0) is 35.5 Å². The van der Waals surface area contributed by atoms with Gasteiger partial charge in [0, 0.05) is 29.4 Å². The lowest BCUT2D eigenvalue weighted by atomic mass is 9.90. The highest BCUT2D eigenvalue weighted by Crippen LogP contribution is 2.23. The topological polar surface area (TPSA) is 81.6 Å². The molecule has 136 valence electrons. The Morgan fingerprint density at radius 2 is 1.93 bits per heavy atom. The zero-order valence-corrected chi connectivity index (χ0v) is 15.8. The lowest BCUT2D eigenvalue weighted by Crippen LogP contribution is -2.22. The number of hydrogen-bond acceptors (Lipinski definition) is 5. The molecule has 7 heteroatoms. The summed E-state index contributed by atoms with van der Waals surface area (Å²) < 4.78 is 0.284. The Hall–Kier alpha value is -2.83. The van der Waals surface area contributed by atoms with E-state index in [0.29, 0.717) is 34.9 Å². The minimum atomic E-state index is -0.234. The number of hydrogen-bond donors (Lipinski definition) is 3. The summed E-state index contributed by atoms with van der Waals surface area (Å²) in [6, 6.07) is 17.0. The fourth-order valence-electron chi connectivity index (χ4n) is 2.75. The zero-order valence-electron chi connectivity index (χ0n) is 14.3. The summed E-state index contributed by atoms with van der Waals surface area (Å²) in [6.45, 7) is 0.404. The molecule has 0 spiro atoms. The molecule has 0 amide bonds. The molecule has 1 heterocycles. The summed E-state index contributed by atoms with van der Waals surface area (Å²) in [7, 11) is 0. The molecule has 0 fully saturated rings. The third kappa shape index (κ3) is 4.67. The number of nitrogens with zero attached hydrogens (tertiary/aromatic N) is 1. The Kier molecular flexibility index (Phi) is 6.11. The molecule has 0 aliphatic rings. The number of H-pyrrole nitrogens is 1. The molecule has 0 saturated carbocycles. The molecule has 3 N–H and O–H groups in total. The molecular formula is C20H17ClN4OS. The molecule has 5 nitrogen and oxygen atoms in total. The molecule has 3 aromatic rings. The summed E-state index contributed by atoms with van der Waals surface area (Å²) >= 11 is 11.0. The van der Waals surface area contributed by atoms with Gasteiger partial charge in [0.25, 0.3) is 0 Å². The number of aldehydes is 1. The van der Waals surface area contributed by atoms with Crippen molar-refractivity contribution in [3.8, 4) is 0 Å². The van der Waals surface area contributed by atoms with Crippen LogP contribution < -0.4 is 5.32 Å². The first-order valence-electron chi connectivity index (χ1n) is 8.26. The zero-order chi connectivity index (χ0) is 19.2. The molecule has 0 saturated heterocycles. The van der Waals surface area contributed by atoms with Gasteiger partial charge in [-0.1, -0.05) is 54.1 Å². The SMILES string of the molecule is N=C(c1ccc(Cl)cc1)C(CNc1[nH]c(=S)ncc1C=O)c1ccccc1. The molecule has 0 bridgehead atoms. The quantitative estimate of drug-likeness (QED) is 0.302. The predicted octanol–water partition coefficient (Wildman–Crippen LogP) is 4.87. The van der Waals surface area contributed by atoms with Crippen molar-refractivity contribution in [3.05, 3.63) is 87.3 Å². The fourth-order valence-corrected chi connectivity index (χ4v) is 3.03. The van der Waals surface area contributed by atoms with E-state index in [9.17, 15) is 4.79 Å². The molecule has 0 aliphatic carbocycles. The second-order valence-corrected chi connectivity index (χ2v) is 6.72. The Balaban J connectivity index is 1.90. The highest BCUT2D eigenvalue weighted by molar-refractivity contribution is 7.71. The van der Waals surface area contributed by atoms with Crippen LogP contribution >= 0.6 is 23.8 Å². The molecule has 0 aliphatic heterocycles. The van der Waals surface area contributed by atoms with Crippen molar-refractivity contribution in [2.45, 2.75) is 5.92 Å². The maximum absolute atomic E-state index is 11.3. The number of nitrogens with one attached hydrogen (secondary N) is 3. The molecular weight excluding hydrogens is 380 g/mol. The maximum Gasteiger partial charge on any atom is 0.198 e. The molecule has 3 rings (SSSR count). The minimum Gasteiger partial charge on any atom is -0.370 e. The summed E-state index contributed by atoms with van der Waals surface area (Å²) in [5.74, 6) is 0.261. The first kappa shape index (κ1) is 18.9. The lowest BCUT2D eigenvalue weighted by Gasteiger charge is -2.20. The molecule has 1 unspecified atom stereocenters. The number of carbonyl (C=O) groups is 1. The molecule has 0 radical (unpaired) electrons. The second kappa shape index (κ2) is 8.70. The van der Waals surface area contributed by atoms with Gasteiger partial charge in [0.05, 0.1) is 5.56 Å². The van der Waals surface area contributed by atoms with E-state index < -0.39 is 0 Å². The lowest BCUT2D eigenvalue weighted by molar-refractivity contribution is 0.112. The Labute approximate surface area is 167 Å². The summed E-state index contributed by atoms with van der Waals surface area (Å²) in [6.07, 6.45) is 2.14. The largest absolute Gasteiger partial charge is 0.370 e. The number of halogens is 1. The Bertz CT molecular complexity index is 1000. The van der Waals surface area contributed by atoms with Gasteiger partial charge in [0.2, 0.25) is 0 Å². The first-order valence-corrected chi connectivity index (χ1v) is 9.05. The van der Waals surface area contributed by atoms with E-state index >= 15 is 0 Å². The average molecular weight is 397 g/mol. The summed E-state index contributed by atoms with van der Waals surface area (Å²) in [5, 5.41) is 12.5. The highest BCUT2D eigenvalue weighted by atomic mass is 35.5. The highest BCUT2D eigenvalue weighted by Gasteiger charge is 2.19. The van der Waals surface area contributed by atoms with Crippen molar-refractivity contribution in [1.82, 2.24) is 9.97 Å². The van der Waals surface area contributed by atoms with Crippen LogP contribution in [0.1, 0.15) is 27.4 Å². The third-order valence-electron chi connectivity index (χ3n) is 4.16. The van der Waals surface area contributed by atoms with Crippen molar-refractivity contribution >= 4 is 41.6 Å². The van der Waals surface area contributed by atoms with Gasteiger partial charge in [-0.2, -0.15) is 0 Å². The third-order valence-corrected chi connectivity index (χ3v) is 4.62. The van der Waals surface area contributed by atoms with Gasteiger partial charge < -0.3 is 15.7 Å². The van der Waals surface area contributed by atoms with Gasteiger partial charge in [-0.15, -0.1) is 0 Å². The van der Waals surface area contributed by atoms with Crippen LogP contribution in [0.3, 0.4) is 0 Å². The van der Waals surface area contributed by atoms with Crippen LogP contribution in [-0.4, -0.2) is 28.5 Å². The van der Waals surface area contributed by atoms with Crippen LogP contribution in [0.5, 0.6) is 0 Å². The van der Waals surface area contributed by atoms with Gasteiger partial charge in [-0.25, -0.2) is 4.98 Å². The van der Waals surface area contributed by atoms with Crippen LogP contribution in [0.25, 0.3) is 0 Å². The number of benzene rings is 2. The van der Waals surface area contributed by atoms with Crippen molar-refractivity contribution in [2.75, 3.05) is 11.9 Å². The van der Waals surface area contributed by atoms with Crippen LogP contribution in [0.4, 0.5) is 5.82 Å². The summed E-state index contributed by atoms with van der Waals surface area (Å²) in [5.41, 5.74) is 2.61. The minimum absolute atomic E-state index is 0.234. The number of aromatic amines is 1. The standard InChI is InChI=1S/C20H17ClN4OS/c21-16-8-6-14(7-9-16)18(22)17(13-4-2-1-3-5-13)11-23-19-15(12-26)10-24-20(27)25-19/h1-10,12,17,22H,11H2,(H2,23,24,25,27). The van der Waals surface area contributed by atoms with Gasteiger partial charge in [0.1, 0.15) is 5.82 Å². The number of anilines is 1. The van der Waals surface area contributed by atoms with E-state index in [1.807, 2.05) is 42.5 Å². The van der Waals surface area contributed by atoms with Crippen molar-refractivity contribution in [3.63, 3.8) is 0 Å². The average Bonchev–Trinajstić information content (AvgIpc) is 2.69. The van der Waals surface area contributed by atoms with E-state index in [-0.39, 0.29) is 10.7 Å². The van der Waals surface area contributed by atoms with Crippen LogP contribution in [-0.2, 0) is 0 Å². The van der Waals surface area contributed by atoms with E-state index in [0.717, 1.165) is 11.1 Å². The number of aromatic nitrogens is 2. The fraction of sp³-hybridized carbons (Fsp3) is 0.100. The maximum atomic E-state index is 11.3. The van der Waals surface area contributed by atoms with Gasteiger partial charge in [0.15, 0.2) is 11.1 Å². The van der Waals surface area contributed by atoms with Crippen molar-refractivity contribution < 1.29 is 4.79 Å². The smallest absolute Gasteiger partial charge is 0.198 e. The number of rotatable bonds is 7. The molecule has 2 aromatic carbocycles. The monoisotopic (exact) mass is 396 g/mol. The van der Waals surface area contributed by atoms with Crippen LogP contribution in [0.15, 0.2) is 60.8 Å². The predicted molar refractivity (Wildman–Crippen MR) is 111 cm³/mol. The van der Waals surface area contributed by atoms with Crippen LogP contribution in [0, 0.1) is 10.2 Å². The molecule has 1 atom stereocenters. The first-order chi connectivity index (χ1) is 13.1. The van der Waals surface area contributed by atoms with E-state index in [1.165, 1.54) is 6.20 Å². The normalized spacial score (nSPS) is 11.6. The Morgan fingerprint density at radius 3 is 2.59 bits per heavy atom. The van der Waals surface area contributed by atoms with Crippen LogP contribution in [0.2, 0.25) is 5.02 Å². The van der Waals surface area contributed by atoms with E-state index in [1.54, 1.807) is 12.1 Å². The van der Waals surface area contributed by atoms with Gasteiger partial charge in [-0.3, -0.25) is 4.79 Å². The van der Waals surface area contributed by atoms with Crippen molar-refractivity contribution in [1.29, 1.82) is 5.41 Å². The molecule has 27 heavy (non-hydrogen) atoms. The van der Waals surface area contributed by atoms with E-state index in [2.05, 4.69) is 15.3 Å². The Morgan fingerprint density at radius 1 is 1.22 bits per heavy atom. The van der Waals surface area contributed by atoms with Crippen molar-refractivity contribution in [2.24, 2.45) is 0 Å². The second-order valence-electron chi connectivity index (χ2n) is 5.90.